The molecule has 0 spiro atoms. The number of ketones is 1. The maximum Gasteiger partial charge on any atom is 0.402 e. The minimum Gasteiger partial charge on any atom is -0.300 e. The van der Waals surface area contributed by atoms with E-state index in [2.05, 4.69) is 0 Å². The van der Waals surface area contributed by atoms with Gasteiger partial charge in [-0.15, -0.1) is 0 Å². The zero-order valence-corrected chi connectivity index (χ0v) is 10.6. The van der Waals surface area contributed by atoms with Gasteiger partial charge in [0.2, 0.25) is 0 Å². The fourth-order valence-corrected chi connectivity index (χ4v) is 3.37. The standard InChI is InChI=1S/C9H15F3N2O3S/c1-7(15)5-8-3-2-4-14(8)18(16,17)13-6-9(10,11)12/h8,13H,2-6H2,1H3. The molecule has 0 saturated carbocycles. The van der Waals surface area contributed by atoms with Crippen molar-refractivity contribution in [2.24, 2.45) is 0 Å². The van der Waals surface area contributed by atoms with Crippen molar-refractivity contribution >= 4 is 16.0 Å². The second kappa shape index (κ2) is 5.54. The highest BCUT2D eigenvalue weighted by Gasteiger charge is 2.37. The minimum atomic E-state index is -4.59. The normalized spacial score (nSPS) is 22.3. The van der Waals surface area contributed by atoms with Gasteiger partial charge in [-0.1, -0.05) is 0 Å². The Balaban J connectivity index is 2.69. The molecule has 0 bridgehead atoms. The molecule has 0 aromatic carbocycles. The summed E-state index contributed by atoms with van der Waals surface area (Å²) in [5.74, 6) is -0.182. The average Bonchev–Trinajstić information content (AvgIpc) is 2.61. The Hall–Kier alpha value is -0.670. The van der Waals surface area contributed by atoms with Crippen LogP contribution in [0.5, 0.6) is 0 Å². The zero-order valence-electron chi connectivity index (χ0n) is 9.83. The third kappa shape index (κ3) is 4.54. The zero-order chi connectivity index (χ0) is 14.0. The Labute approximate surface area is 104 Å². The lowest BCUT2D eigenvalue weighted by atomic mass is 10.1. The van der Waals surface area contributed by atoms with E-state index in [4.69, 9.17) is 0 Å². The van der Waals surface area contributed by atoms with Gasteiger partial charge in [-0.05, 0) is 19.8 Å². The van der Waals surface area contributed by atoms with E-state index in [1.165, 1.54) is 11.6 Å². The van der Waals surface area contributed by atoms with Crippen LogP contribution in [0.25, 0.3) is 0 Å². The number of carbonyl (C=O) groups is 1. The summed E-state index contributed by atoms with van der Waals surface area (Å²) < 4.78 is 61.7. The second-order valence-electron chi connectivity index (χ2n) is 4.25. The Morgan fingerprint density at radius 1 is 1.44 bits per heavy atom. The van der Waals surface area contributed by atoms with Gasteiger partial charge in [-0.25, -0.2) is 0 Å². The van der Waals surface area contributed by atoms with Crippen LogP contribution in [0.3, 0.4) is 0 Å². The SMILES string of the molecule is CC(=O)CC1CCCN1S(=O)(=O)NCC(F)(F)F. The molecular weight excluding hydrogens is 273 g/mol. The fraction of sp³-hybridized carbons (Fsp3) is 0.889. The smallest absolute Gasteiger partial charge is 0.300 e. The Bertz CT molecular complexity index is 408. The van der Waals surface area contributed by atoms with Crippen LogP contribution in [0.2, 0.25) is 0 Å². The minimum absolute atomic E-state index is 0.0347. The van der Waals surface area contributed by atoms with Crippen LogP contribution in [0.1, 0.15) is 26.2 Å². The van der Waals surface area contributed by atoms with E-state index in [0.717, 1.165) is 4.31 Å². The molecule has 1 atom stereocenters. The maximum atomic E-state index is 12.0. The monoisotopic (exact) mass is 288 g/mol. The third-order valence-electron chi connectivity index (χ3n) is 2.61. The van der Waals surface area contributed by atoms with Crippen LogP contribution < -0.4 is 4.72 Å². The molecule has 1 fully saturated rings. The van der Waals surface area contributed by atoms with Crippen LogP contribution >= 0.6 is 0 Å². The first-order chi connectivity index (χ1) is 8.12. The van der Waals surface area contributed by atoms with Crippen LogP contribution in [-0.4, -0.2) is 43.8 Å². The van der Waals surface area contributed by atoms with Gasteiger partial charge in [0.25, 0.3) is 10.2 Å². The van der Waals surface area contributed by atoms with E-state index in [1.807, 2.05) is 0 Å². The van der Waals surface area contributed by atoms with Crippen molar-refractivity contribution in [2.45, 2.75) is 38.4 Å². The molecule has 1 heterocycles. The van der Waals surface area contributed by atoms with E-state index in [0.29, 0.717) is 12.8 Å². The number of hydrogen-bond donors (Lipinski definition) is 1. The first-order valence-corrected chi connectivity index (χ1v) is 6.88. The number of rotatable bonds is 5. The third-order valence-corrected chi connectivity index (χ3v) is 4.22. The van der Waals surface area contributed by atoms with Crippen molar-refractivity contribution in [3.05, 3.63) is 0 Å². The number of nitrogens with zero attached hydrogens (tertiary/aromatic N) is 1. The molecule has 0 aromatic rings. The highest BCUT2D eigenvalue weighted by atomic mass is 32.2. The van der Waals surface area contributed by atoms with Crippen molar-refractivity contribution in [3.8, 4) is 0 Å². The molecule has 18 heavy (non-hydrogen) atoms. The molecular formula is C9H15F3N2O3S. The molecule has 0 amide bonds. The Kier molecular flexibility index (Phi) is 4.73. The Morgan fingerprint density at radius 2 is 2.06 bits per heavy atom. The molecule has 0 radical (unpaired) electrons. The van der Waals surface area contributed by atoms with E-state index >= 15 is 0 Å². The molecule has 9 heteroatoms. The number of carbonyl (C=O) groups excluding carboxylic acids is 1. The van der Waals surface area contributed by atoms with Crippen molar-refractivity contribution in [2.75, 3.05) is 13.1 Å². The van der Waals surface area contributed by atoms with Crippen LogP contribution in [-0.2, 0) is 15.0 Å². The molecule has 0 aromatic heterocycles. The largest absolute Gasteiger partial charge is 0.402 e. The number of Topliss-reactive ketones (excluding diaryl/α,β-unsaturated/α-hetero) is 1. The van der Waals surface area contributed by atoms with Gasteiger partial charge in [0, 0.05) is 19.0 Å². The van der Waals surface area contributed by atoms with E-state index in [1.54, 1.807) is 0 Å². The quantitative estimate of drug-likeness (QED) is 0.814. The summed E-state index contributed by atoms with van der Waals surface area (Å²) in [5, 5.41) is 0. The molecule has 1 unspecified atom stereocenters. The number of halogens is 3. The topological polar surface area (TPSA) is 66.5 Å². The first kappa shape index (κ1) is 15.4. The fourth-order valence-electron chi connectivity index (χ4n) is 1.92. The predicted octanol–water partition coefficient (Wildman–Crippen LogP) is 0.827. The lowest BCUT2D eigenvalue weighted by Gasteiger charge is -2.23. The van der Waals surface area contributed by atoms with Crippen LogP contribution in [0, 0.1) is 0 Å². The molecule has 0 aliphatic carbocycles. The van der Waals surface area contributed by atoms with Gasteiger partial charge < -0.3 is 0 Å². The molecule has 1 aliphatic rings. The molecule has 1 saturated heterocycles. The highest BCUT2D eigenvalue weighted by molar-refractivity contribution is 7.87. The molecule has 1 N–H and O–H groups in total. The lowest BCUT2D eigenvalue weighted by molar-refractivity contribution is -0.122. The van der Waals surface area contributed by atoms with Crippen molar-refractivity contribution in [1.29, 1.82) is 0 Å². The molecule has 1 aliphatic heterocycles. The van der Waals surface area contributed by atoms with Crippen molar-refractivity contribution in [3.63, 3.8) is 0 Å². The highest BCUT2D eigenvalue weighted by Crippen LogP contribution is 2.23. The lowest BCUT2D eigenvalue weighted by Crippen LogP contribution is -2.46. The van der Waals surface area contributed by atoms with Crippen molar-refractivity contribution in [1.82, 2.24) is 9.03 Å². The first-order valence-electron chi connectivity index (χ1n) is 5.44. The van der Waals surface area contributed by atoms with Crippen LogP contribution in [0.15, 0.2) is 0 Å². The number of nitrogens with one attached hydrogen (secondary N) is 1. The van der Waals surface area contributed by atoms with Gasteiger partial charge in [-0.2, -0.15) is 30.6 Å². The van der Waals surface area contributed by atoms with E-state index in [-0.39, 0.29) is 18.7 Å². The van der Waals surface area contributed by atoms with E-state index < -0.39 is 29.0 Å². The van der Waals surface area contributed by atoms with E-state index in [9.17, 15) is 26.4 Å². The van der Waals surface area contributed by atoms with Crippen LogP contribution in [0.4, 0.5) is 13.2 Å². The Morgan fingerprint density at radius 3 is 2.56 bits per heavy atom. The average molecular weight is 288 g/mol. The van der Waals surface area contributed by atoms with Gasteiger partial charge >= 0.3 is 6.18 Å². The summed E-state index contributed by atoms with van der Waals surface area (Å²) in [6, 6.07) is -0.534. The number of hydrogen-bond acceptors (Lipinski definition) is 3. The summed E-state index contributed by atoms with van der Waals surface area (Å²) in [5.41, 5.74) is 0. The molecule has 1 rings (SSSR count). The summed E-state index contributed by atoms with van der Waals surface area (Å²) in [6.45, 7) is -0.129. The van der Waals surface area contributed by atoms with Gasteiger partial charge in [0.15, 0.2) is 0 Å². The summed E-state index contributed by atoms with van der Waals surface area (Å²) >= 11 is 0. The summed E-state index contributed by atoms with van der Waals surface area (Å²) in [4.78, 5) is 11.0. The maximum absolute atomic E-state index is 12.0. The second-order valence-corrected chi connectivity index (χ2v) is 5.96. The molecule has 106 valence electrons. The summed E-state index contributed by atoms with van der Waals surface area (Å²) in [7, 11) is -4.18. The summed E-state index contributed by atoms with van der Waals surface area (Å²) in [6.07, 6.45) is -3.52. The molecule has 5 nitrogen and oxygen atoms in total. The predicted molar refractivity (Wildman–Crippen MR) is 58.0 cm³/mol. The number of alkyl halides is 3. The van der Waals surface area contributed by atoms with Gasteiger partial charge in [0.05, 0.1) is 0 Å². The van der Waals surface area contributed by atoms with Gasteiger partial charge in [0.1, 0.15) is 12.3 Å². The van der Waals surface area contributed by atoms with Crippen molar-refractivity contribution < 1.29 is 26.4 Å². The van der Waals surface area contributed by atoms with Gasteiger partial charge in [-0.3, -0.25) is 4.79 Å².